The third-order valence-corrected chi connectivity index (χ3v) is 6.79. The number of thiocarbonyl (C=S) groups is 2. The highest BCUT2D eigenvalue weighted by Crippen LogP contribution is 2.15. The molecule has 1 fully saturated rings. The second kappa shape index (κ2) is 11.3. The highest BCUT2D eigenvalue weighted by Gasteiger charge is 2.22. The average molecular weight is 477 g/mol. The molecular formula is C20H20N4O2S4. The molecule has 2 aromatic carbocycles. The van der Waals surface area contributed by atoms with Crippen LogP contribution in [0.2, 0.25) is 0 Å². The molecule has 0 saturated carbocycles. The highest BCUT2D eigenvalue weighted by atomic mass is 32.2. The first-order chi connectivity index (χ1) is 14.5. The van der Waals surface area contributed by atoms with Gasteiger partial charge in [0.05, 0.1) is 0 Å². The highest BCUT2D eigenvalue weighted by molar-refractivity contribution is 8.22. The molecule has 10 heteroatoms. The summed E-state index contributed by atoms with van der Waals surface area (Å²) in [7, 11) is 0. The third kappa shape index (κ3) is 6.43. The van der Waals surface area contributed by atoms with Crippen molar-refractivity contribution < 1.29 is 9.59 Å². The van der Waals surface area contributed by atoms with Crippen molar-refractivity contribution in [2.45, 2.75) is 0 Å². The molecule has 156 valence electrons. The summed E-state index contributed by atoms with van der Waals surface area (Å²) in [4.78, 5) is 28.3. The lowest BCUT2D eigenvalue weighted by atomic mass is 10.2. The van der Waals surface area contributed by atoms with Gasteiger partial charge in [0.1, 0.15) is 0 Å². The molecule has 0 aliphatic carbocycles. The van der Waals surface area contributed by atoms with E-state index in [1.807, 2.05) is 46.2 Å². The van der Waals surface area contributed by atoms with Gasteiger partial charge in [-0.15, -0.1) is 0 Å². The predicted octanol–water partition coefficient (Wildman–Crippen LogP) is 3.33. The van der Waals surface area contributed by atoms with Gasteiger partial charge in [-0.25, -0.2) is 0 Å². The summed E-state index contributed by atoms with van der Waals surface area (Å²) in [6.45, 7) is 2.78. The van der Waals surface area contributed by atoms with Gasteiger partial charge in [0.15, 0.2) is 8.64 Å². The molecule has 30 heavy (non-hydrogen) atoms. The lowest BCUT2D eigenvalue weighted by Gasteiger charge is -2.36. The molecule has 0 aromatic heterocycles. The van der Waals surface area contributed by atoms with Crippen LogP contribution in [-0.2, 0) is 0 Å². The number of nitrogens with one attached hydrogen (secondary N) is 2. The van der Waals surface area contributed by atoms with E-state index in [0.717, 1.165) is 23.9 Å². The molecule has 1 saturated heterocycles. The Morgan fingerprint density at radius 1 is 0.667 bits per heavy atom. The Bertz CT molecular complexity index is 828. The Morgan fingerprint density at radius 3 is 1.33 bits per heavy atom. The van der Waals surface area contributed by atoms with Gasteiger partial charge in [-0.05, 0) is 24.3 Å². The summed E-state index contributed by atoms with van der Waals surface area (Å²) in [5.74, 6) is -0.346. The lowest BCUT2D eigenvalue weighted by molar-refractivity contribution is 0.0976. The van der Waals surface area contributed by atoms with Gasteiger partial charge < -0.3 is 9.80 Å². The van der Waals surface area contributed by atoms with Crippen molar-refractivity contribution in [3.8, 4) is 0 Å². The molecule has 0 atom stereocenters. The maximum absolute atomic E-state index is 12.1. The SMILES string of the molecule is O=C(NSC(=S)N1CCN(C(=S)SNC(=O)c2ccccc2)CC1)c1ccccc1. The quantitative estimate of drug-likeness (QED) is 0.506. The molecule has 2 N–H and O–H groups in total. The third-order valence-electron chi connectivity index (χ3n) is 4.33. The summed E-state index contributed by atoms with van der Waals surface area (Å²) in [5.41, 5.74) is 1.19. The smallest absolute Gasteiger partial charge is 0.261 e. The topological polar surface area (TPSA) is 64.7 Å². The molecule has 6 nitrogen and oxygen atoms in total. The summed E-state index contributed by atoms with van der Waals surface area (Å²) in [5, 5.41) is 0. The van der Waals surface area contributed by atoms with Crippen LogP contribution in [0.15, 0.2) is 60.7 Å². The largest absolute Gasteiger partial charge is 0.353 e. The number of rotatable bonds is 2. The number of amides is 2. The molecule has 0 spiro atoms. The summed E-state index contributed by atoms with van der Waals surface area (Å²) in [6.07, 6.45) is 0. The van der Waals surface area contributed by atoms with Crippen LogP contribution in [0.25, 0.3) is 0 Å². The van der Waals surface area contributed by atoms with Crippen LogP contribution < -0.4 is 9.44 Å². The van der Waals surface area contributed by atoms with Crippen molar-refractivity contribution in [1.82, 2.24) is 19.2 Å². The average Bonchev–Trinajstić information content (AvgIpc) is 2.81. The zero-order chi connectivity index (χ0) is 21.3. The predicted molar refractivity (Wildman–Crippen MR) is 131 cm³/mol. The number of benzene rings is 2. The lowest BCUT2D eigenvalue weighted by Crippen LogP contribution is -2.49. The van der Waals surface area contributed by atoms with Crippen LogP contribution in [0.4, 0.5) is 0 Å². The molecular weight excluding hydrogens is 457 g/mol. The Hall–Kier alpha value is -2.14. The van der Waals surface area contributed by atoms with Crippen LogP contribution in [0, 0.1) is 0 Å². The van der Waals surface area contributed by atoms with Crippen molar-refractivity contribution in [1.29, 1.82) is 0 Å². The fraction of sp³-hybridized carbons (Fsp3) is 0.200. The minimum Gasteiger partial charge on any atom is -0.353 e. The second-order valence-corrected chi connectivity index (χ2v) is 9.18. The molecule has 0 bridgehead atoms. The van der Waals surface area contributed by atoms with E-state index in [2.05, 4.69) is 9.44 Å². The van der Waals surface area contributed by atoms with Gasteiger partial charge in [-0.2, -0.15) is 0 Å². The van der Waals surface area contributed by atoms with Crippen LogP contribution in [0.3, 0.4) is 0 Å². The van der Waals surface area contributed by atoms with Crippen LogP contribution in [0.1, 0.15) is 20.7 Å². The van der Waals surface area contributed by atoms with E-state index < -0.39 is 0 Å². The molecule has 1 aliphatic rings. The van der Waals surface area contributed by atoms with Crippen molar-refractivity contribution in [3.63, 3.8) is 0 Å². The first-order valence-corrected chi connectivity index (χ1v) is 11.6. The monoisotopic (exact) mass is 476 g/mol. The van der Waals surface area contributed by atoms with Crippen molar-refractivity contribution in [3.05, 3.63) is 71.8 Å². The number of hydrogen-bond donors (Lipinski definition) is 2. The zero-order valence-corrected chi connectivity index (χ0v) is 19.2. The van der Waals surface area contributed by atoms with Gasteiger partial charge in [-0.1, -0.05) is 60.8 Å². The van der Waals surface area contributed by atoms with Gasteiger partial charge in [0.2, 0.25) is 0 Å². The van der Waals surface area contributed by atoms with Crippen LogP contribution in [-0.4, -0.2) is 56.4 Å². The Labute approximate surface area is 195 Å². The van der Waals surface area contributed by atoms with Crippen LogP contribution >= 0.6 is 48.3 Å². The van der Waals surface area contributed by atoms with Crippen molar-refractivity contribution in [2.24, 2.45) is 0 Å². The number of carbonyl (C=O) groups is 2. The van der Waals surface area contributed by atoms with Crippen molar-refractivity contribution >= 4 is 68.8 Å². The maximum Gasteiger partial charge on any atom is 0.261 e. The molecule has 1 heterocycles. The summed E-state index contributed by atoms with van der Waals surface area (Å²) in [6, 6.07) is 18.0. The summed E-state index contributed by atoms with van der Waals surface area (Å²) < 4.78 is 6.80. The normalized spacial score (nSPS) is 13.5. The van der Waals surface area contributed by atoms with E-state index in [1.54, 1.807) is 24.3 Å². The maximum atomic E-state index is 12.1. The minimum atomic E-state index is -0.173. The van der Waals surface area contributed by atoms with Gasteiger partial charge in [0, 0.05) is 61.2 Å². The number of hydrogen-bond acceptors (Lipinski definition) is 6. The number of piperazine rings is 1. The van der Waals surface area contributed by atoms with Crippen LogP contribution in [0.5, 0.6) is 0 Å². The summed E-state index contributed by atoms with van der Waals surface area (Å²) >= 11 is 13.2. The van der Waals surface area contributed by atoms with E-state index in [1.165, 1.54) is 0 Å². The van der Waals surface area contributed by atoms with E-state index in [9.17, 15) is 9.59 Å². The molecule has 0 unspecified atom stereocenters. The standard InChI is InChI=1S/C20H20N4O2S4/c25-17(15-7-3-1-4-8-15)21-29-19(27)23-11-13-24(14-12-23)20(28)30-22-18(26)16-9-5-2-6-10-16/h1-10H,11-14H2,(H,21,25)(H,22,26). The second-order valence-electron chi connectivity index (χ2n) is 6.30. The van der Waals surface area contributed by atoms with Gasteiger partial charge >= 0.3 is 0 Å². The zero-order valence-electron chi connectivity index (χ0n) is 15.9. The fourth-order valence-electron chi connectivity index (χ4n) is 2.68. The Kier molecular flexibility index (Phi) is 8.50. The molecule has 2 amide bonds. The number of nitrogens with zero attached hydrogens (tertiary/aromatic N) is 2. The van der Waals surface area contributed by atoms with E-state index >= 15 is 0 Å². The first-order valence-electron chi connectivity index (χ1n) is 9.17. The van der Waals surface area contributed by atoms with E-state index in [0.29, 0.717) is 45.9 Å². The van der Waals surface area contributed by atoms with Gasteiger partial charge in [-0.3, -0.25) is 19.0 Å². The van der Waals surface area contributed by atoms with Gasteiger partial charge in [0.25, 0.3) is 11.8 Å². The molecule has 2 aromatic rings. The van der Waals surface area contributed by atoms with E-state index in [4.69, 9.17) is 24.4 Å². The molecule has 3 rings (SSSR count). The minimum absolute atomic E-state index is 0.173. The Morgan fingerprint density at radius 2 is 1.00 bits per heavy atom. The fourth-order valence-corrected chi connectivity index (χ4v) is 4.51. The van der Waals surface area contributed by atoms with E-state index in [-0.39, 0.29) is 11.8 Å². The van der Waals surface area contributed by atoms with Crippen molar-refractivity contribution in [2.75, 3.05) is 26.2 Å². The molecule has 0 radical (unpaired) electrons. The number of carbonyl (C=O) groups excluding carboxylic acids is 2. The Balaban J connectivity index is 1.38. The molecule has 1 aliphatic heterocycles. The first kappa shape index (κ1) is 22.5.